The second-order valence-corrected chi connectivity index (χ2v) is 7.02. The van der Waals surface area contributed by atoms with E-state index in [9.17, 15) is 9.90 Å². The average Bonchev–Trinajstić information content (AvgIpc) is 2.77. The van der Waals surface area contributed by atoms with Crippen LogP contribution in [0.3, 0.4) is 0 Å². The van der Waals surface area contributed by atoms with Crippen LogP contribution in [0.25, 0.3) is 0 Å². The van der Waals surface area contributed by atoms with Crippen LogP contribution in [0.4, 0.5) is 0 Å². The smallest absolute Gasteiger partial charge is 0.270 e. The van der Waals surface area contributed by atoms with Crippen molar-refractivity contribution in [3.05, 3.63) is 22.4 Å². The lowest BCUT2D eigenvalue weighted by atomic mass is 10.0. The molecule has 1 N–H and O–H groups in total. The molecule has 2 heterocycles. The highest BCUT2D eigenvalue weighted by molar-refractivity contribution is 9.10. The van der Waals surface area contributed by atoms with Gasteiger partial charge in [0, 0.05) is 30.3 Å². The summed E-state index contributed by atoms with van der Waals surface area (Å²) in [5.41, 5.74) is 0.235. The average molecular weight is 359 g/mol. The summed E-state index contributed by atoms with van der Waals surface area (Å²) in [6.07, 6.45) is 2.58. The maximum Gasteiger partial charge on any atom is 0.270 e. The summed E-state index contributed by atoms with van der Waals surface area (Å²) >= 11 is 3.44. The van der Waals surface area contributed by atoms with Gasteiger partial charge in [-0.1, -0.05) is 6.92 Å². The van der Waals surface area contributed by atoms with Crippen molar-refractivity contribution in [2.24, 2.45) is 0 Å². The van der Waals surface area contributed by atoms with Gasteiger partial charge in [-0.2, -0.15) is 0 Å². The summed E-state index contributed by atoms with van der Waals surface area (Å²) in [5, 5.41) is 9.36. The zero-order valence-electron chi connectivity index (χ0n) is 12.8. The third-order valence-corrected chi connectivity index (χ3v) is 3.95. The first-order chi connectivity index (χ1) is 9.86. The van der Waals surface area contributed by atoms with Gasteiger partial charge >= 0.3 is 0 Å². The maximum atomic E-state index is 12.8. The van der Waals surface area contributed by atoms with Gasteiger partial charge in [-0.3, -0.25) is 4.79 Å². The van der Waals surface area contributed by atoms with Crippen LogP contribution in [0, 0.1) is 0 Å². The van der Waals surface area contributed by atoms with Gasteiger partial charge in [0.15, 0.2) is 0 Å². The fourth-order valence-electron chi connectivity index (χ4n) is 2.79. The number of carbonyl (C=O) groups is 1. The molecule has 1 atom stereocenters. The van der Waals surface area contributed by atoms with Crippen molar-refractivity contribution in [3.63, 3.8) is 0 Å². The highest BCUT2D eigenvalue weighted by atomic mass is 79.9. The summed E-state index contributed by atoms with van der Waals surface area (Å²) in [6, 6.07) is 1.86. The van der Waals surface area contributed by atoms with E-state index in [4.69, 9.17) is 4.74 Å². The molecular weight excluding hydrogens is 336 g/mol. The molecule has 6 heteroatoms. The molecule has 21 heavy (non-hydrogen) atoms. The Morgan fingerprint density at radius 2 is 2.29 bits per heavy atom. The lowest BCUT2D eigenvalue weighted by Crippen LogP contribution is -2.55. The molecule has 118 valence electrons. The molecule has 1 aromatic rings. The first-order valence-corrected chi connectivity index (χ1v) is 8.09. The number of amides is 1. The van der Waals surface area contributed by atoms with Crippen molar-refractivity contribution in [2.75, 3.05) is 19.7 Å². The summed E-state index contributed by atoms with van der Waals surface area (Å²) < 4.78 is 8.65. The van der Waals surface area contributed by atoms with E-state index in [1.807, 2.05) is 30.7 Å². The SMILES string of the molecule is CCCn1cc(Br)cc1C(=O)N1CC(CO)OC(C)(C)C1. The number of halogens is 1. The van der Waals surface area contributed by atoms with Crippen LogP contribution < -0.4 is 0 Å². The quantitative estimate of drug-likeness (QED) is 0.898. The topological polar surface area (TPSA) is 54.7 Å². The molecule has 1 aliphatic rings. The molecule has 1 unspecified atom stereocenters. The number of hydrogen-bond donors (Lipinski definition) is 1. The first-order valence-electron chi connectivity index (χ1n) is 7.30. The van der Waals surface area contributed by atoms with Gasteiger partial charge in [0.2, 0.25) is 0 Å². The van der Waals surface area contributed by atoms with E-state index in [-0.39, 0.29) is 18.6 Å². The monoisotopic (exact) mass is 358 g/mol. The largest absolute Gasteiger partial charge is 0.394 e. The second-order valence-electron chi connectivity index (χ2n) is 6.10. The van der Waals surface area contributed by atoms with Crippen LogP contribution in [0.15, 0.2) is 16.7 Å². The fraction of sp³-hybridized carbons (Fsp3) is 0.667. The van der Waals surface area contributed by atoms with Gasteiger partial charge in [0.1, 0.15) is 5.69 Å². The molecule has 1 saturated heterocycles. The Kier molecular flexibility index (Phi) is 5.11. The molecule has 0 bridgehead atoms. The number of carbonyl (C=O) groups excluding carboxylic acids is 1. The lowest BCUT2D eigenvalue weighted by Gasteiger charge is -2.42. The Morgan fingerprint density at radius 3 is 2.90 bits per heavy atom. The number of morpholine rings is 1. The van der Waals surface area contributed by atoms with E-state index in [0.717, 1.165) is 17.4 Å². The van der Waals surface area contributed by atoms with Crippen LogP contribution in [-0.2, 0) is 11.3 Å². The fourth-order valence-corrected chi connectivity index (χ4v) is 3.25. The highest BCUT2D eigenvalue weighted by Crippen LogP contribution is 2.24. The van der Waals surface area contributed by atoms with Crippen LogP contribution >= 0.6 is 15.9 Å². The molecular formula is C15H23BrN2O3. The molecule has 1 aromatic heterocycles. The number of ether oxygens (including phenoxy) is 1. The molecule has 0 aromatic carbocycles. The Morgan fingerprint density at radius 1 is 1.57 bits per heavy atom. The zero-order chi connectivity index (χ0) is 15.6. The minimum Gasteiger partial charge on any atom is -0.394 e. The highest BCUT2D eigenvalue weighted by Gasteiger charge is 2.36. The summed E-state index contributed by atoms with van der Waals surface area (Å²) in [6.45, 7) is 7.65. The number of aryl methyl sites for hydroxylation is 1. The number of aliphatic hydroxyl groups excluding tert-OH is 1. The van der Waals surface area contributed by atoms with Crippen molar-refractivity contribution < 1.29 is 14.6 Å². The third-order valence-electron chi connectivity index (χ3n) is 3.52. The molecule has 1 fully saturated rings. The number of nitrogens with zero attached hydrogens (tertiary/aromatic N) is 2. The Balaban J connectivity index is 2.22. The Labute approximate surface area is 134 Å². The minimum absolute atomic E-state index is 0.0102. The van der Waals surface area contributed by atoms with Gasteiger partial charge in [0.25, 0.3) is 5.91 Å². The van der Waals surface area contributed by atoms with E-state index < -0.39 is 5.60 Å². The van der Waals surface area contributed by atoms with E-state index >= 15 is 0 Å². The molecule has 0 radical (unpaired) electrons. The number of aliphatic hydroxyl groups is 1. The standard InChI is InChI=1S/C15H23BrN2O3/c1-4-5-17-7-11(16)6-13(17)14(20)18-8-12(9-19)21-15(2,3)10-18/h6-7,12,19H,4-5,8-10H2,1-3H3. The van der Waals surface area contributed by atoms with E-state index in [2.05, 4.69) is 22.9 Å². The van der Waals surface area contributed by atoms with Crippen LogP contribution in [-0.4, -0.2) is 51.9 Å². The number of aromatic nitrogens is 1. The molecule has 0 saturated carbocycles. The Hall–Kier alpha value is -0.850. The lowest BCUT2D eigenvalue weighted by molar-refractivity contribution is -0.139. The van der Waals surface area contributed by atoms with Crippen molar-refractivity contribution in [1.29, 1.82) is 0 Å². The summed E-state index contributed by atoms with van der Waals surface area (Å²) in [7, 11) is 0. The molecule has 5 nitrogen and oxygen atoms in total. The molecule has 1 amide bonds. The second kappa shape index (κ2) is 6.50. The zero-order valence-corrected chi connectivity index (χ0v) is 14.4. The van der Waals surface area contributed by atoms with Crippen LogP contribution in [0.2, 0.25) is 0 Å². The van der Waals surface area contributed by atoms with Gasteiger partial charge in [0.05, 0.1) is 18.3 Å². The van der Waals surface area contributed by atoms with Gasteiger partial charge in [-0.05, 0) is 42.3 Å². The van der Waals surface area contributed by atoms with Crippen molar-refractivity contribution in [3.8, 4) is 0 Å². The van der Waals surface area contributed by atoms with Crippen molar-refractivity contribution in [1.82, 2.24) is 9.47 Å². The van der Waals surface area contributed by atoms with Crippen molar-refractivity contribution >= 4 is 21.8 Å². The normalized spacial score (nSPS) is 21.6. The molecule has 2 rings (SSSR count). The number of rotatable bonds is 4. The molecule has 1 aliphatic heterocycles. The minimum atomic E-state index is -0.444. The van der Waals surface area contributed by atoms with Crippen LogP contribution in [0.1, 0.15) is 37.7 Å². The van der Waals surface area contributed by atoms with Gasteiger partial charge in [-0.25, -0.2) is 0 Å². The third kappa shape index (κ3) is 3.87. The molecule has 0 spiro atoms. The predicted molar refractivity (Wildman–Crippen MR) is 84.4 cm³/mol. The Bertz CT molecular complexity index is 513. The summed E-state index contributed by atoms with van der Waals surface area (Å²) in [4.78, 5) is 14.6. The van der Waals surface area contributed by atoms with E-state index in [0.29, 0.717) is 18.8 Å². The maximum absolute atomic E-state index is 12.8. The molecule has 0 aliphatic carbocycles. The first kappa shape index (κ1) is 16.5. The van der Waals surface area contributed by atoms with E-state index in [1.54, 1.807) is 4.90 Å². The predicted octanol–water partition coefficient (Wildman–Crippen LogP) is 2.27. The van der Waals surface area contributed by atoms with Gasteiger partial charge in [-0.15, -0.1) is 0 Å². The van der Waals surface area contributed by atoms with Gasteiger partial charge < -0.3 is 19.3 Å². The van der Waals surface area contributed by atoms with Crippen molar-refractivity contribution in [2.45, 2.75) is 45.4 Å². The van der Waals surface area contributed by atoms with Crippen LogP contribution in [0.5, 0.6) is 0 Å². The number of hydrogen-bond acceptors (Lipinski definition) is 3. The van der Waals surface area contributed by atoms with E-state index in [1.165, 1.54) is 0 Å². The summed E-state index contributed by atoms with van der Waals surface area (Å²) in [5.74, 6) is -0.0102.